The average molecular weight is 369 g/mol. The average Bonchev–Trinajstić information content (AvgIpc) is 2.48. The van der Waals surface area contributed by atoms with Crippen molar-refractivity contribution in [2.45, 2.75) is 32.4 Å². The van der Waals surface area contributed by atoms with E-state index >= 15 is 0 Å². The smallest absolute Gasteiger partial charge is 0.120 e. The Kier molecular flexibility index (Phi) is 5.68. The summed E-state index contributed by atoms with van der Waals surface area (Å²) >= 11 is 9.38. The molecule has 4 heteroatoms. The Morgan fingerprint density at radius 3 is 2.48 bits per heavy atom. The van der Waals surface area contributed by atoms with E-state index in [2.05, 4.69) is 35.1 Å². The van der Waals surface area contributed by atoms with Crippen LogP contribution in [0.2, 0.25) is 5.02 Å². The highest BCUT2D eigenvalue weighted by Crippen LogP contribution is 2.31. The van der Waals surface area contributed by atoms with Crippen LogP contribution in [0, 0.1) is 0 Å². The van der Waals surface area contributed by atoms with Crippen LogP contribution >= 0.6 is 27.5 Å². The van der Waals surface area contributed by atoms with Crippen molar-refractivity contribution in [3.63, 3.8) is 0 Å². The summed E-state index contributed by atoms with van der Waals surface area (Å²) in [6, 6.07) is 13.6. The van der Waals surface area contributed by atoms with Crippen molar-refractivity contribution in [3.05, 3.63) is 63.1 Å². The first-order chi connectivity index (χ1) is 10.0. The normalized spacial score (nSPS) is 13.9. The van der Waals surface area contributed by atoms with Crippen LogP contribution in [0.3, 0.4) is 0 Å². The third kappa shape index (κ3) is 4.22. The van der Waals surface area contributed by atoms with Crippen molar-refractivity contribution in [2.75, 3.05) is 0 Å². The van der Waals surface area contributed by atoms with Gasteiger partial charge in [-0.2, -0.15) is 0 Å². The quantitative estimate of drug-likeness (QED) is 0.719. The second-order valence-corrected chi connectivity index (χ2v) is 6.46. The van der Waals surface area contributed by atoms with E-state index in [-0.39, 0.29) is 12.1 Å². The van der Waals surface area contributed by atoms with Crippen molar-refractivity contribution in [2.24, 2.45) is 0 Å². The summed E-state index contributed by atoms with van der Waals surface area (Å²) in [5.74, 6) is 0.320. The van der Waals surface area contributed by atoms with Crippen LogP contribution in [0.25, 0.3) is 0 Å². The van der Waals surface area contributed by atoms with Crippen molar-refractivity contribution in [1.82, 2.24) is 5.32 Å². The number of hydrogen-bond donors (Lipinski definition) is 2. The highest BCUT2D eigenvalue weighted by atomic mass is 79.9. The third-order valence-electron chi connectivity index (χ3n) is 3.59. The lowest BCUT2D eigenvalue weighted by molar-refractivity contribution is 0.419. The summed E-state index contributed by atoms with van der Waals surface area (Å²) in [5.41, 5.74) is 2.08. The zero-order valence-electron chi connectivity index (χ0n) is 12.1. The van der Waals surface area contributed by atoms with E-state index in [0.29, 0.717) is 5.75 Å². The predicted molar refractivity (Wildman–Crippen MR) is 91.8 cm³/mol. The fourth-order valence-electron chi connectivity index (χ4n) is 2.38. The molecule has 0 aliphatic carbocycles. The summed E-state index contributed by atoms with van der Waals surface area (Å²) in [6.07, 6.45) is 0.891. The van der Waals surface area contributed by atoms with Gasteiger partial charge in [-0.05, 0) is 49.2 Å². The molecule has 0 bridgehead atoms. The van der Waals surface area contributed by atoms with Crippen LogP contribution in [0.15, 0.2) is 46.9 Å². The molecule has 112 valence electrons. The van der Waals surface area contributed by atoms with E-state index in [1.54, 1.807) is 6.07 Å². The summed E-state index contributed by atoms with van der Waals surface area (Å²) in [6.45, 7) is 4.22. The molecule has 0 spiro atoms. The highest BCUT2D eigenvalue weighted by molar-refractivity contribution is 9.10. The number of nitrogens with one attached hydrogen (secondary N) is 1. The molecule has 2 aromatic rings. The molecule has 2 unspecified atom stereocenters. The maximum absolute atomic E-state index is 10.1. The lowest BCUT2D eigenvalue weighted by atomic mass is 10.0. The van der Waals surface area contributed by atoms with Gasteiger partial charge in [0.25, 0.3) is 0 Å². The fourth-order valence-corrected chi connectivity index (χ4v) is 2.89. The summed E-state index contributed by atoms with van der Waals surface area (Å²) in [7, 11) is 0. The first-order valence-corrected chi connectivity index (χ1v) is 8.18. The van der Waals surface area contributed by atoms with Gasteiger partial charge >= 0.3 is 0 Å². The fraction of sp³-hybridized carbons (Fsp3) is 0.294. The van der Waals surface area contributed by atoms with Gasteiger partial charge in [0.05, 0.1) is 0 Å². The third-order valence-corrected chi connectivity index (χ3v) is 4.34. The van der Waals surface area contributed by atoms with Crippen LogP contribution in [0.5, 0.6) is 5.75 Å². The van der Waals surface area contributed by atoms with Crippen LogP contribution in [0.4, 0.5) is 0 Å². The minimum atomic E-state index is 0.0909. The second-order valence-electron chi connectivity index (χ2n) is 5.10. The first-order valence-electron chi connectivity index (χ1n) is 7.01. The van der Waals surface area contributed by atoms with Gasteiger partial charge in [0, 0.05) is 27.1 Å². The molecule has 2 nitrogen and oxygen atoms in total. The van der Waals surface area contributed by atoms with Gasteiger partial charge in [0.2, 0.25) is 0 Å². The van der Waals surface area contributed by atoms with Gasteiger partial charge < -0.3 is 10.4 Å². The Balaban J connectivity index is 2.18. The maximum Gasteiger partial charge on any atom is 0.120 e. The van der Waals surface area contributed by atoms with Gasteiger partial charge in [-0.15, -0.1) is 0 Å². The topological polar surface area (TPSA) is 32.3 Å². The monoisotopic (exact) mass is 367 g/mol. The Hall–Kier alpha value is -1.03. The Morgan fingerprint density at radius 1 is 1.19 bits per heavy atom. The van der Waals surface area contributed by atoms with E-state index < -0.39 is 0 Å². The van der Waals surface area contributed by atoms with Gasteiger partial charge in [0.1, 0.15) is 5.75 Å². The molecule has 0 amide bonds. The van der Waals surface area contributed by atoms with Gasteiger partial charge in [-0.1, -0.05) is 46.6 Å². The number of aromatic hydroxyl groups is 1. The molecule has 0 radical (unpaired) electrons. The molecule has 0 heterocycles. The number of rotatable bonds is 5. The maximum atomic E-state index is 10.1. The predicted octanol–water partition coefficient (Wildman–Crippen LogP) is 5.61. The van der Waals surface area contributed by atoms with Crippen LogP contribution in [-0.4, -0.2) is 5.11 Å². The van der Waals surface area contributed by atoms with Crippen molar-refractivity contribution in [3.8, 4) is 5.75 Å². The first kappa shape index (κ1) is 16.3. The minimum Gasteiger partial charge on any atom is -0.508 e. The van der Waals surface area contributed by atoms with Crippen molar-refractivity contribution < 1.29 is 5.11 Å². The lowest BCUT2D eigenvalue weighted by Gasteiger charge is -2.24. The van der Waals surface area contributed by atoms with Crippen molar-refractivity contribution >= 4 is 27.5 Å². The van der Waals surface area contributed by atoms with E-state index in [0.717, 1.165) is 21.5 Å². The molecule has 2 rings (SSSR count). The largest absolute Gasteiger partial charge is 0.508 e. The number of halogens is 2. The zero-order chi connectivity index (χ0) is 15.4. The molecule has 0 fully saturated rings. The van der Waals surface area contributed by atoms with Crippen LogP contribution < -0.4 is 5.32 Å². The highest BCUT2D eigenvalue weighted by Gasteiger charge is 2.17. The zero-order valence-corrected chi connectivity index (χ0v) is 14.4. The Morgan fingerprint density at radius 2 is 1.86 bits per heavy atom. The number of phenolic OH excluding ortho intramolecular Hbond substituents is 1. The molecular formula is C17H19BrClNO. The summed E-state index contributed by atoms with van der Waals surface area (Å²) < 4.78 is 0.967. The molecule has 2 N–H and O–H groups in total. The van der Waals surface area contributed by atoms with Crippen LogP contribution in [-0.2, 0) is 0 Å². The van der Waals surface area contributed by atoms with E-state index in [1.165, 1.54) is 5.56 Å². The van der Waals surface area contributed by atoms with Gasteiger partial charge in [0.15, 0.2) is 0 Å². The van der Waals surface area contributed by atoms with E-state index in [1.807, 2.05) is 36.4 Å². The molecule has 2 aromatic carbocycles. The van der Waals surface area contributed by atoms with E-state index in [9.17, 15) is 5.11 Å². The molecule has 0 aromatic heterocycles. The molecular weight excluding hydrogens is 350 g/mol. The number of benzene rings is 2. The molecule has 21 heavy (non-hydrogen) atoms. The van der Waals surface area contributed by atoms with Gasteiger partial charge in [-0.25, -0.2) is 0 Å². The Bertz CT molecular complexity index is 600. The standard InChI is InChI=1S/C17H19BrClNO/c1-3-16(15-10-13(18)6-9-17(15)21)20-11(2)12-4-7-14(19)8-5-12/h4-11,16,20-21H,3H2,1-2H3. The Labute approximate surface area is 139 Å². The van der Waals surface area contributed by atoms with Crippen molar-refractivity contribution in [1.29, 1.82) is 0 Å². The number of phenols is 1. The van der Waals surface area contributed by atoms with E-state index in [4.69, 9.17) is 11.6 Å². The second kappa shape index (κ2) is 7.30. The minimum absolute atomic E-state index is 0.0909. The lowest BCUT2D eigenvalue weighted by Crippen LogP contribution is -2.24. The number of hydrogen-bond acceptors (Lipinski definition) is 2. The summed E-state index contributed by atoms with van der Waals surface area (Å²) in [4.78, 5) is 0. The molecule has 2 atom stereocenters. The van der Waals surface area contributed by atoms with Crippen LogP contribution in [0.1, 0.15) is 43.5 Å². The SMILES string of the molecule is CCC(NC(C)c1ccc(Cl)cc1)c1cc(Br)ccc1O. The molecule has 0 aliphatic rings. The molecule has 0 aliphatic heterocycles. The summed E-state index contributed by atoms with van der Waals surface area (Å²) in [5, 5.41) is 14.4. The van der Waals surface area contributed by atoms with Gasteiger partial charge in [-0.3, -0.25) is 0 Å². The molecule has 0 saturated carbocycles. The molecule has 0 saturated heterocycles.